The van der Waals surface area contributed by atoms with Crippen molar-refractivity contribution in [3.8, 4) is 5.75 Å². The first kappa shape index (κ1) is 22.1. The summed E-state index contributed by atoms with van der Waals surface area (Å²) in [4.78, 5) is 31.5. The Morgan fingerprint density at radius 2 is 1.91 bits per heavy atom. The number of hydrogen-bond donors (Lipinski definition) is 0. The molecule has 2 aromatic heterocycles. The molecule has 0 unspecified atom stereocenters. The van der Waals surface area contributed by atoms with Crippen LogP contribution in [0.15, 0.2) is 41.3 Å². The molecule has 3 heterocycles. The number of aryl methyl sites for hydroxylation is 1. The van der Waals surface area contributed by atoms with Gasteiger partial charge in [-0.3, -0.25) is 9.78 Å². The minimum Gasteiger partial charge on any atom is -0.497 e. The molecule has 0 radical (unpaired) electrons. The van der Waals surface area contributed by atoms with E-state index >= 15 is 0 Å². The molecule has 0 atom stereocenters. The number of rotatable bonds is 4. The van der Waals surface area contributed by atoms with Crippen molar-refractivity contribution in [2.75, 3.05) is 20.2 Å². The van der Waals surface area contributed by atoms with Gasteiger partial charge in [-0.15, -0.1) is 0 Å². The highest BCUT2D eigenvalue weighted by atomic mass is 16.6. The number of hydrogen-bond acceptors (Lipinski definition) is 5. The van der Waals surface area contributed by atoms with Crippen LogP contribution in [0.4, 0.5) is 4.79 Å². The molecule has 1 amide bonds. The van der Waals surface area contributed by atoms with Crippen LogP contribution in [0, 0.1) is 5.92 Å². The summed E-state index contributed by atoms with van der Waals surface area (Å²) in [6.07, 6.45) is 4.28. The van der Waals surface area contributed by atoms with Crippen molar-refractivity contribution >= 4 is 27.9 Å². The maximum atomic E-state index is 12.8. The molecule has 3 aromatic rings. The van der Waals surface area contributed by atoms with E-state index in [9.17, 15) is 9.59 Å². The second-order valence-corrected chi connectivity index (χ2v) is 9.47. The van der Waals surface area contributed by atoms with Gasteiger partial charge in [-0.2, -0.15) is 0 Å². The van der Waals surface area contributed by atoms with Crippen molar-refractivity contribution < 1.29 is 14.3 Å². The Balaban J connectivity index is 1.52. The molecular weight excluding hydrogens is 406 g/mol. The summed E-state index contributed by atoms with van der Waals surface area (Å²) in [5.74, 6) is 1.20. The van der Waals surface area contributed by atoms with Crippen LogP contribution in [0.3, 0.4) is 0 Å². The number of methoxy groups -OCH3 is 1. The topological polar surface area (TPSA) is 73.7 Å². The zero-order valence-electron chi connectivity index (χ0n) is 19.3. The van der Waals surface area contributed by atoms with Gasteiger partial charge >= 0.3 is 6.09 Å². The van der Waals surface area contributed by atoms with Gasteiger partial charge in [-0.25, -0.2) is 4.79 Å². The van der Waals surface area contributed by atoms with Crippen molar-refractivity contribution in [1.29, 1.82) is 0 Å². The molecule has 32 heavy (non-hydrogen) atoms. The number of nitrogens with zero attached hydrogens (tertiary/aromatic N) is 3. The molecule has 0 aliphatic carbocycles. The van der Waals surface area contributed by atoms with Crippen LogP contribution in [0.2, 0.25) is 0 Å². The van der Waals surface area contributed by atoms with Gasteiger partial charge in [-0.1, -0.05) is 0 Å². The zero-order valence-corrected chi connectivity index (χ0v) is 19.3. The number of amides is 1. The summed E-state index contributed by atoms with van der Waals surface area (Å²) in [6.45, 7) is 7.66. The SMILES string of the molecule is COc1ccc2ncc3ccc(=O)n(CCC4CCN(C(=O)OC(C)(C)C)CC4)c3c2c1. The second-order valence-electron chi connectivity index (χ2n) is 9.47. The summed E-state index contributed by atoms with van der Waals surface area (Å²) in [5.41, 5.74) is 1.24. The average molecular weight is 438 g/mol. The molecule has 170 valence electrons. The molecule has 1 aliphatic heterocycles. The van der Waals surface area contributed by atoms with E-state index in [0.29, 0.717) is 25.6 Å². The Labute approximate surface area is 187 Å². The first-order valence-electron chi connectivity index (χ1n) is 11.2. The number of benzene rings is 1. The number of aromatic nitrogens is 2. The second kappa shape index (κ2) is 8.81. The van der Waals surface area contributed by atoms with Crippen LogP contribution in [-0.2, 0) is 11.3 Å². The lowest BCUT2D eigenvalue weighted by molar-refractivity contribution is 0.0180. The van der Waals surface area contributed by atoms with E-state index in [4.69, 9.17) is 9.47 Å². The number of likely N-dealkylation sites (tertiary alicyclic amines) is 1. The molecule has 1 saturated heterocycles. The van der Waals surface area contributed by atoms with Gasteiger partial charge in [-0.05, 0) is 70.2 Å². The van der Waals surface area contributed by atoms with Gasteiger partial charge in [0.15, 0.2) is 0 Å². The lowest BCUT2D eigenvalue weighted by atomic mass is 9.93. The minimum absolute atomic E-state index is 0.0148. The molecule has 1 fully saturated rings. The Morgan fingerprint density at radius 1 is 1.16 bits per heavy atom. The van der Waals surface area contributed by atoms with E-state index in [1.165, 1.54) is 0 Å². The van der Waals surface area contributed by atoms with Crippen LogP contribution in [0.25, 0.3) is 21.8 Å². The minimum atomic E-state index is -0.482. The number of piperidine rings is 1. The van der Waals surface area contributed by atoms with Gasteiger partial charge in [0, 0.05) is 42.7 Å². The third-order valence-electron chi connectivity index (χ3n) is 6.04. The van der Waals surface area contributed by atoms with E-state index in [0.717, 1.165) is 46.8 Å². The molecule has 1 aromatic carbocycles. The predicted molar refractivity (Wildman–Crippen MR) is 125 cm³/mol. The standard InChI is InChI=1S/C25H31N3O4/c1-25(2,3)32-24(30)27-12-9-17(10-13-27)11-14-28-22(29)8-5-18-16-26-21-7-6-19(31-4)15-20(21)23(18)28/h5-8,15-17H,9-14H2,1-4H3. The number of pyridine rings is 2. The number of fused-ring (bicyclic) bond motifs is 3. The van der Waals surface area contributed by atoms with Gasteiger partial charge in [0.05, 0.1) is 18.1 Å². The van der Waals surface area contributed by atoms with E-state index in [1.807, 2.05) is 55.8 Å². The Morgan fingerprint density at radius 3 is 2.59 bits per heavy atom. The largest absolute Gasteiger partial charge is 0.497 e. The van der Waals surface area contributed by atoms with Crippen molar-refractivity contribution in [1.82, 2.24) is 14.5 Å². The van der Waals surface area contributed by atoms with E-state index in [2.05, 4.69) is 4.98 Å². The van der Waals surface area contributed by atoms with Gasteiger partial charge in [0.2, 0.25) is 0 Å². The maximum absolute atomic E-state index is 12.8. The van der Waals surface area contributed by atoms with Crippen molar-refractivity contribution in [2.24, 2.45) is 5.92 Å². The maximum Gasteiger partial charge on any atom is 0.410 e. The number of ether oxygens (including phenoxy) is 2. The smallest absolute Gasteiger partial charge is 0.410 e. The summed E-state index contributed by atoms with van der Waals surface area (Å²) < 4.78 is 12.7. The molecule has 1 aliphatic rings. The van der Waals surface area contributed by atoms with Gasteiger partial charge < -0.3 is 18.9 Å². The third kappa shape index (κ3) is 4.71. The van der Waals surface area contributed by atoms with Crippen LogP contribution in [0.1, 0.15) is 40.0 Å². The quantitative estimate of drug-likeness (QED) is 0.558. The molecule has 0 bridgehead atoms. The highest BCUT2D eigenvalue weighted by molar-refractivity contribution is 6.03. The number of carbonyl (C=O) groups excluding carboxylic acids is 1. The third-order valence-corrected chi connectivity index (χ3v) is 6.04. The monoisotopic (exact) mass is 437 g/mol. The molecule has 0 spiro atoms. The van der Waals surface area contributed by atoms with Crippen molar-refractivity contribution in [3.63, 3.8) is 0 Å². The van der Waals surface area contributed by atoms with E-state index in [1.54, 1.807) is 18.1 Å². The lowest BCUT2D eigenvalue weighted by Gasteiger charge is -2.33. The predicted octanol–water partition coefficient (Wildman–Crippen LogP) is 4.60. The van der Waals surface area contributed by atoms with Crippen molar-refractivity contribution in [3.05, 3.63) is 46.9 Å². The highest BCUT2D eigenvalue weighted by Crippen LogP contribution is 2.28. The summed E-state index contributed by atoms with van der Waals surface area (Å²) in [5, 5.41) is 1.85. The fourth-order valence-electron chi connectivity index (χ4n) is 4.35. The first-order valence-corrected chi connectivity index (χ1v) is 11.2. The summed E-state index contributed by atoms with van der Waals surface area (Å²) in [7, 11) is 1.64. The zero-order chi connectivity index (χ0) is 22.9. The Kier molecular flexibility index (Phi) is 6.09. The molecule has 0 saturated carbocycles. The average Bonchev–Trinajstić information content (AvgIpc) is 2.77. The lowest BCUT2D eigenvalue weighted by Crippen LogP contribution is -2.41. The van der Waals surface area contributed by atoms with Crippen LogP contribution in [0.5, 0.6) is 5.75 Å². The fourth-order valence-corrected chi connectivity index (χ4v) is 4.35. The highest BCUT2D eigenvalue weighted by Gasteiger charge is 2.27. The fraction of sp³-hybridized carbons (Fsp3) is 0.480. The van der Waals surface area contributed by atoms with Crippen LogP contribution >= 0.6 is 0 Å². The van der Waals surface area contributed by atoms with Gasteiger partial charge in [0.25, 0.3) is 5.56 Å². The summed E-state index contributed by atoms with van der Waals surface area (Å²) in [6, 6.07) is 9.19. The van der Waals surface area contributed by atoms with Crippen LogP contribution in [-0.4, -0.2) is 46.3 Å². The molecule has 7 nitrogen and oxygen atoms in total. The molecular formula is C25H31N3O4. The van der Waals surface area contributed by atoms with E-state index in [-0.39, 0.29) is 11.7 Å². The van der Waals surface area contributed by atoms with Crippen molar-refractivity contribution in [2.45, 2.75) is 52.2 Å². The van der Waals surface area contributed by atoms with E-state index < -0.39 is 5.60 Å². The Hall–Kier alpha value is -3.09. The van der Waals surface area contributed by atoms with Gasteiger partial charge in [0.1, 0.15) is 11.4 Å². The summed E-state index contributed by atoms with van der Waals surface area (Å²) >= 11 is 0. The van der Waals surface area contributed by atoms with Crippen LogP contribution < -0.4 is 10.3 Å². The Bertz CT molecular complexity index is 1190. The molecule has 7 heteroatoms. The molecule has 4 rings (SSSR count). The first-order chi connectivity index (χ1) is 15.2. The number of carbonyl (C=O) groups is 1. The molecule has 0 N–H and O–H groups in total. The normalized spacial score (nSPS) is 15.3.